The summed E-state index contributed by atoms with van der Waals surface area (Å²) in [6, 6.07) is -1.60. The number of carboxylic acid groups (broad SMARTS) is 2. The molecule has 108 valence electrons. The summed E-state index contributed by atoms with van der Waals surface area (Å²) < 4.78 is 0. The van der Waals surface area contributed by atoms with Gasteiger partial charge in [-0.05, 0) is 24.7 Å². The molecule has 0 radical (unpaired) electrons. The van der Waals surface area contributed by atoms with Crippen LogP contribution in [0.3, 0.4) is 0 Å². The molecule has 0 spiro atoms. The zero-order valence-corrected chi connectivity index (χ0v) is 11.5. The van der Waals surface area contributed by atoms with Crippen LogP contribution in [-0.2, 0) is 9.59 Å². The lowest BCUT2D eigenvalue weighted by Crippen LogP contribution is -2.42. The van der Waals surface area contributed by atoms with Gasteiger partial charge in [0, 0.05) is 12.1 Å². The highest BCUT2D eigenvalue weighted by Crippen LogP contribution is 2.01. The van der Waals surface area contributed by atoms with Crippen LogP contribution in [0.5, 0.6) is 0 Å². The molecule has 0 aliphatic rings. The Kier molecular flexibility index (Phi) is 10.5. The van der Waals surface area contributed by atoms with Crippen molar-refractivity contribution in [2.45, 2.75) is 52.6 Å². The smallest absolute Gasteiger partial charge is 0.0582 e. The van der Waals surface area contributed by atoms with Gasteiger partial charge < -0.3 is 31.3 Å². The summed E-state index contributed by atoms with van der Waals surface area (Å²) in [5.41, 5.74) is 10.3. The normalized spacial score (nSPS) is 13.8. The lowest BCUT2D eigenvalue weighted by atomic mass is 10.1. The Bertz CT molecular complexity index is 228. The first-order valence-electron chi connectivity index (χ1n) is 6.00. The largest absolute Gasteiger partial charge is 0.548 e. The van der Waals surface area contributed by atoms with Gasteiger partial charge in [0.1, 0.15) is 0 Å². The highest BCUT2D eigenvalue weighted by molar-refractivity contribution is 5.71. The van der Waals surface area contributed by atoms with Gasteiger partial charge in [-0.3, -0.25) is 0 Å². The van der Waals surface area contributed by atoms with E-state index in [1.54, 1.807) is 0 Å². The maximum absolute atomic E-state index is 10.00. The first kappa shape index (κ1) is 19.2. The topological polar surface area (TPSA) is 132 Å². The minimum Gasteiger partial charge on any atom is -0.548 e. The number of aliphatic carboxylic acids is 2. The van der Waals surface area contributed by atoms with Gasteiger partial charge in [0.15, 0.2) is 0 Å². The van der Waals surface area contributed by atoms with Crippen LogP contribution in [0.4, 0.5) is 0 Å². The highest BCUT2D eigenvalue weighted by Gasteiger charge is 2.05. The van der Waals surface area contributed by atoms with Gasteiger partial charge >= 0.3 is 0 Å². The molecule has 6 nitrogen and oxygen atoms in total. The Labute approximate surface area is 108 Å². The molecule has 6 heteroatoms. The van der Waals surface area contributed by atoms with Gasteiger partial charge in [-0.1, -0.05) is 27.7 Å². The molecule has 0 aliphatic carbocycles. The minimum atomic E-state index is -1.16. The lowest BCUT2D eigenvalue weighted by Gasteiger charge is -2.13. The Hall–Kier alpha value is -1.14. The molecule has 0 rings (SSSR count). The van der Waals surface area contributed by atoms with Crippen LogP contribution in [-0.4, -0.2) is 24.0 Å². The molecular formula is C12H24N2O4-2. The third-order valence-corrected chi connectivity index (χ3v) is 2.06. The van der Waals surface area contributed by atoms with Gasteiger partial charge in [0.25, 0.3) is 0 Å². The van der Waals surface area contributed by atoms with Gasteiger partial charge in [0.2, 0.25) is 0 Å². The molecule has 0 aromatic heterocycles. The number of nitrogens with two attached hydrogens (primary N) is 2. The zero-order valence-electron chi connectivity index (χ0n) is 11.5. The van der Waals surface area contributed by atoms with E-state index in [1.165, 1.54) is 0 Å². The van der Waals surface area contributed by atoms with E-state index in [9.17, 15) is 19.8 Å². The Balaban J connectivity index is 0. The Morgan fingerprint density at radius 1 is 0.833 bits per heavy atom. The van der Waals surface area contributed by atoms with Crippen molar-refractivity contribution in [2.24, 2.45) is 23.3 Å². The molecule has 2 atom stereocenters. The second-order valence-electron chi connectivity index (χ2n) is 5.11. The predicted molar refractivity (Wildman–Crippen MR) is 64.9 cm³/mol. The average Bonchev–Trinajstić information content (AvgIpc) is 2.16. The Morgan fingerprint density at radius 2 is 1.06 bits per heavy atom. The van der Waals surface area contributed by atoms with Crippen molar-refractivity contribution in [2.75, 3.05) is 0 Å². The van der Waals surface area contributed by atoms with Crippen molar-refractivity contribution in [3.05, 3.63) is 0 Å². The highest BCUT2D eigenvalue weighted by atomic mass is 16.4. The molecule has 0 aliphatic heterocycles. The monoisotopic (exact) mass is 260 g/mol. The predicted octanol–water partition coefficient (Wildman–Crippen LogP) is -1.78. The van der Waals surface area contributed by atoms with Crippen molar-refractivity contribution in [3.63, 3.8) is 0 Å². The minimum absolute atomic E-state index is 0.317. The van der Waals surface area contributed by atoms with Gasteiger partial charge in [-0.2, -0.15) is 0 Å². The van der Waals surface area contributed by atoms with E-state index in [2.05, 4.69) is 0 Å². The summed E-state index contributed by atoms with van der Waals surface area (Å²) >= 11 is 0. The Morgan fingerprint density at radius 3 is 1.11 bits per heavy atom. The molecule has 0 bridgehead atoms. The van der Waals surface area contributed by atoms with Crippen LogP contribution in [0.15, 0.2) is 0 Å². The van der Waals surface area contributed by atoms with Crippen molar-refractivity contribution >= 4 is 11.9 Å². The molecule has 0 heterocycles. The van der Waals surface area contributed by atoms with E-state index in [0.29, 0.717) is 24.7 Å². The fraction of sp³-hybridized carbons (Fsp3) is 0.833. The van der Waals surface area contributed by atoms with E-state index in [1.807, 2.05) is 27.7 Å². The van der Waals surface area contributed by atoms with E-state index >= 15 is 0 Å². The number of carboxylic acids is 2. The fourth-order valence-electron chi connectivity index (χ4n) is 1.21. The average molecular weight is 260 g/mol. The second-order valence-corrected chi connectivity index (χ2v) is 5.11. The molecule has 0 fully saturated rings. The molecular weight excluding hydrogens is 236 g/mol. The number of rotatable bonds is 6. The van der Waals surface area contributed by atoms with Crippen LogP contribution < -0.4 is 21.7 Å². The summed E-state index contributed by atoms with van der Waals surface area (Å²) in [4.78, 5) is 20.0. The molecule has 18 heavy (non-hydrogen) atoms. The molecule has 0 amide bonds. The maximum Gasteiger partial charge on any atom is 0.0582 e. The third-order valence-electron chi connectivity index (χ3n) is 2.06. The van der Waals surface area contributed by atoms with E-state index in [4.69, 9.17) is 11.5 Å². The number of hydrogen-bond donors (Lipinski definition) is 2. The molecule has 0 saturated carbocycles. The summed E-state index contributed by atoms with van der Waals surface area (Å²) in [6.07, 6.45) is 0.977. The van der Waals surface area contributed by atoms with Crippen LogP contribution in [0.25, 0.3) is 0 Å². The second kappa shape index (κ2) is 9.85. The van der Waals surface area contributed by atoms with Crippen molar-refractivity contribution in [1.29, 1.82) is 0 Å². The molecule has 0 aromatic carbocycles. The van der Waals surface area contributed by atoms with E-state index in [-0.39, 0.29) is 0 Å². The molecule has 2 unspecified atom stereocenters. The summed E-state index contributed by atoms with van der Waals surface area (Å²) in [6.45, 7) is 7.68. The summed E-state index contributed by atoms with van der Waals surface area (Å²) in [5.74, 6) is -1.69. The number of carbonyl (C=O) groups is 2. The lowest BCUT2D eigenvalue weighted by molar-refractivity contribution is -0.309. The van der Waals surface area contributed by atoms with Crippen LogP contribution in [0, 0.1) is 11.8 Å². The fourth-order valence-corrected chi connectivity index (χ4v) is 1.21. The third kappa shape index (κ3) is 12.9. The maximum atomic E-state index is 10.00. The molecule has 4 N–H and O–H groups in total. The summed E-state index contributed by atoms with van der Waals surface area (Å²) in [7, 11) is 0. The van der Waals surface area contributed by atoms with Gasteiger partial charge in [-0.25, -0.2) is 0 Å². The van der Waals surface area contributed by atoms with Crippen LogP contribution in [0.1, 0.15) is 40.5 Å². The van der Waals surface area contributed by atoms with E-state index in [0.717, 1.165) is 0 Å². The SMILES string of the molecule is CC(C)CC(N)C(=O)[O-].CC(C)CC(N)C(=O)[O-]. The first-order valence-corrected chi connectivity index (χ1v) is 6.00. The van der Waals surface area contributed by atoms with Crippen LogP contribution in [0.2, 0.25) is 0 Å². The van der Waals surface area contributed by atoms with Gasteiger partial charge in [-0.15, -0.1) is 0 Å². The van der Waals surface area contributed by atoms with Crippen molar-refractivity contribution in [3.8, 4) is 0 Å². The zero-order chi connectivity index (χ0) is 14.9. The van der Waals surface area contributed by atoms with E-state index < -0.39 is 24.0 Å². The quantitative estimate of drug-likeness (QED) is 0.580. The number of hydrogen-bond acceptors (Lipinski definition) is 6. The number of carbonyl (C=O) groups excluding carboxylic acids is 2. The van der Waals surface area contributed by atoms with Crippen LogP contribution >= 0.6 is 0 Å². The molecule has 0 saturated heterocycles. The van der Waals surface area contributed by atoms with Crippen molar-refractivity contribution in [1.82, 2.24) is 0 Å². The standard InChI is InChI=1S/2C6H13NO2/c2*1-4(2)3-5(7)6(8)9/h2*4-5H,3,7H2,1-2H3,(H,8,9)/p-2. The first-order chi connectivity index (χ1) is 8.07. The van der Waals surface area contributed by atoms with Crippen molar-refractivity contribution < 1.29 is 19.8 Å². The summed E-state index contributed by atoms with van der Waals surface area (Å²) in [5, 5.41) is 20.0. The molecule has 0 aromatic rings. The van der Waals surface area contributed by atoms with Gasteiger partial charge in [0.05, 0.1) is 11.9 Å².